The van der Waals surface area contributed by atoms with Crippen LogP contribution in [0.2, 0.25) is 0 Å². The smallest absolute Gasteiger partial charge is 0.239 e. The number of rotatable bonds is 3. The number of alkyl halides is 1. The summed E-state index contributed by atoms with van der Waals surface area (Å²) in [6.07, 6.45) is 0. The van der Waals surface area contributed by atoms with Crippen LogP contribution in [-0.2, 0) is 13.9 Å². The second-order valence-corrected chi connectivity index (χ2v) is 11.7. The zero-order valence-corrected chi connectivity index (χ0v) is 22.3. The van der Waals surface area contributed by atoms with Crippen LogP contribution in [0, 0.1) is 11.8 Å². The number of fused-ring (bicyclic) bond motifs is 1. The summed E-state index contributed by atoms with van der Waals surface area (Å²) < 4.78 is 5.45. The molecule has 4 nitrogen and oxygen atoms in total. The van der Waals surface area contributed by atoms with Gasteiger partial charge in [0.1, 0.15) is 11.5 Å². The van der Waals surface area contributed by atoms with Crippen molar-refractivity contribution >= 4 is 44.2 Å². The minimum Gasteiger partial charge on any atom is -0.457 e. The van der Waals surface area contributed by atoms with E-state index in [4.69, 9.17) is 4.74 Å². The Balaban J connectivity index is 1.17. The van der Waals surface area contributed by atoms with Crippen LogP contribution in [0.5, 0.6) is 11.5 Å². The molecule has 0 saturated carbocycles. The molecule has 5 heteroatoms. The maximum Gasteiger partial charge on any atom is 0.239 e. The summed E-state index contributed by atoms with van der Waals surface area (Å²) in [6.45, 7) is 0. The fourth-order valence-electron chi connectivity index (χ4n) is 7.01. The number of anilines is 1. The van der Waals surface area contributed by atoms with Gasteiger partial charge in [-0.3, -0.25) is 9.59 Å². The Labute approximate surface area is 234 Å². The van der Waals surface area contributed by atoms with Crippen molar-refractivity contribution in [3.05, 3.63) is 138 Å². The maximum absolute atomic E-state index is 14.1. The Morgan fingerprint density at radius 1 is 0.667 bits per heavy atom. The Bertz CT molecular complexity index is 1780. The van der Waals surface area contributed by atoms with E-state index < -0.39 is 16.2 Å². The molecule has 0 N–H and O–H groups in total. The first-order valence-corrected chi connectivity index (χ1v) is 13.9. The number of halogens is 1. The molecule has 5 aromatic carbocycles. The number of ether oxygens (including phenoxy) is 1. The quantitative estimate of drug-likeness (QED) is 0.166. The largest absolute Gasteiger partial charge is 0.457 e. The SMILES string of the molecule is O=C1[C@H]2C3c4ccccc4C(Br)(c4ccccc43)[C@H]2C(=O)N1c1ccc(Oc2cccc3ccccc23)cc1. The van der Waals surface area contributed by atoms with Crippen LogP contribution in [-0.4, -0.2) is 11.8 Å². The third kappa shape index (κ3) is 2.99. The molecule has 4 aliphatic rings. The van der Waals surface area contributed by atoms with Gasteiger partial charge in [0.2, 0.25) is 11.8 Å². The first-order valence-electron chi connectivity index (χ1n) is 13.1. The van der Waals surface area contributed by atoms with Crippen molar-refractivity contribution in [3.63, 3.8) is 0 Å². The van der Waals surface area contributed by atoms with Crippen LogP contribution in [0.4, 0.5) is 5.69 Å². The van der Waals surface area contributed by atoms with Crippen molar-refractivity contribution in [3.8, 4) is 11.5 Å². The Morgan fingerprint density at radius 3 is 2.00 bits per heavy atom. The molecule has 0 spiro atoms. The Morgan fingerprint density at radius 2 is 1.28 bits per heavy atom. The van der Waals surface area contributed by atoms with E-state index >= 15 is 0 Å². The number of benzene rings is 5. The lowest BCUT2D eigenvalue weighted by atomic mass is 9.55. The van der Waals surface area contributed by atoms with Crippen molar-refractivity contribution < 1.29 is 14.3 Å². The Hall–Kier alpha value is -4.22. The maximum atomic E-state index is 14.1. The standard InChI is InChI=1S/C34H22BrNO3/c35-34-26-13-5-3-11-24(26)29(25-12-4-6-14-27(25)34)30-31(34)33(38)36(32(30)37)21-16-18-22(19-17-21)39-28-15-7-9-20-8-1-2-10-23(20)28/h1-19,29-31H/t29?,30-,31+,34?/m0/s1. The third-order valence-corrected chi connectivity index (χ3v) is 9.93. The summed E-state index contributed by atoms with van der Waals surface area (Å²) in [6, 6.07) is 37.7. The van der Waals surface area contributed by atoms with E-state index in [2.05, 4.69) is 52.3 Å². The lowest BCUT2D eigenvalue weighted by Crippen LogP contribution is -2.50. The highest BCUT2D eigenvalue weighted by Gasteiger charge is 2.67. The number of carbonyl (C=O) groups is 2. The molecule has 2 bridgehead atoms. The van der Waals surface area contributed by atoms with Gasteiger partial charge in [0.05, 0.1) is 21.8 Å². The molecule has 1 fully saturated rings. The number of hydrogen-bond acceptors (Lipinski definition) is 3. The molecule has 39 heavy (non-hydrogen) atoms. The number of carbonyl (C=O) groups excluding carboxylic acids is 2. The number of imide groups is 1. The van der Waals surface area contributed by atoms with Crippen molar-refractivity contribution in [2.45, 2.75) is 10.2 Å². The summed E-state index contributed by atoms with van der Waals surface area (Å²) in [5, 5.41) is 2.12. The van der Waals surface area contributed by atoms with Gasteiger partial charge < -0.3 is 4.74 Å². The molecule has 0 unspecified atom stereocenters. The molecule has 1 heterocycles. The van der Waals surface area contributed by atoms with E-state index in [0.29, 0.717) is 11.4 Å². The number of hydrogen-bond donors (Lipinski definition) is 0. The second-order valence-electron chi connectivity index (χ2n) is 10.5. The molecule has 1 aliphatic heterocycles. The molecule has 5 aromatic rings. The topological polar surface area (TPSA) is 46.6 Å². The normalized spacial score (nSPS) is 24.4. The van der Waals surface area contributed by atoms with Crippen LogP contribution in [0.1, 0.15) is 28.2 Å². The lowest BCUT2D eigenvalue weighted by molar-refractivity contribution is -0.122. The van der Waals surface area contributed by atoms with Gasteiger partial charge in [0.25, 0.3) is 0 Å². The van der Waals surface area contributed by atoms with E-state index in [9.17, 15) is 9.59 Å². The van der Waals surface area contributed by atoms with Crippen molar-refractivity contribution in [1.82, 2.24) is 0 Å². The molecule has 188 valence electrons. The molecule has 9 rings (SSSR count). The first kappa shape index (κ1) is 22.7. The van der Waals surface area contributed by atoms with Crippen molar-refractivity contribution in [2.75, 3.05) is 4.90 Å². The van der Waals surface area contributed by atoms with Gasteiger partial charge in [-0.1, -0.05) is 101 Å². The molecule has 3 aliphatic carbocycles. The van der Waals surface area contributed by atoms with Gasteiger partial charge in [-0.2, -0.15) is 0 Å². The van der Waals surface area contributed by atoms with Gasteiger partial charge in [-0.15, -0.1) is 0 Å². The van der Waals surface area contributed by atoms with Crippen LogP contribution < -0.4 is 9.64 Å². The van der Waals surface area contributed by atoms with E-state index in [1.807, 2.05) is 66.7 Å². The summed E-state index contributed by atoms with van der Waals surface area (Å²) >= 11 is 4.05. The molecular formula is C34H22BrNO3. The van der Waals surface area contributed by atoms with E-state index in [1.54, 1.807) is 12.1 Å². The minimum atomic E-state index is -0.751. The summed E-state index contributed by atoms with van der Waals surface area (Å²) in [7, 11) is 0. The van der Waals surface area contributed by atoms with Gasteiger partial charge in [0, 0.05) is 11.3 Å². The highest BCUT2D eigenvalue weighted by atomic mass is 79.9. The molecule has 2 atom stereocenters. The van der Waals surface area contributed by atoms with Gasteiger partial charge in [-0.25, -0.2) is 4.90 Å². The van der Waals surface area contributed by atoms with Gasteiger partial charge >= 0.3 is 0 Å². The molecular weight excluding hydrogens is 550 g/mol. The summed E-state index contributed by atoms with van der Waals surface area (Å²) in [4.78, 5) is 29.6. The van der Waals surface area contributed by atoms with Crippen molar-refractivity contribution in [1.29, 1.82) is 0 Å². The average molecular weight is 572 g/mol. The van der Waals surface area contributed by atoms with Gasteiger partial charge in [-0.05, 0) is 58.0 Å². The minimum absolute atomic E-state index is 0.148. The third-order valence-electron chi connectivity index (χ3n) is 8.59. The van der Waals surface area contributed by atoms with Crippen LogP contribution in [0.3, 0.4) is 0 Å². The monoisotopic (exact) mass is 571 g/mol. The zero-order valence-electron chi connectivity index (χ0n) is 20.8. The predicted molar refractivity (Wildman–Crippen MR) is 154 cm³/mol. The lowest BCUT2D eigenvalue weighted by Gasteiger charge is -2.51. The van der Waals surface area contributed by atoms with E-state index in [-0.39, 0.29) is 17.7 Å². The number of nitrogens with zero attached hydrogens (tertiary/aromatic N) is 1. The fourth-order valence-corrected chi connectivity index (χ4v) is 8.21. The van der Waals surface area contributed by atoms with E-state index in [0.717, 1.165) is 38.8 Å². The van der Waals surface area contributed by atoms with Crippen LogP contribution in [0.25, 0.3) is 10.8 Å². The molecule has 0 radical (unpaired) electrons. The first-order chi connectivity index (χ1) is 19.1. The fraction of sp³-hybridized carbons (Fsp3) is 0.118. The van der Waals surface area contributed by atoms with Gasteiger partial charge in [0.15, 0.2) is 0 Å². The second kappa shape index (κ2) is 8.14. The zero-order chi connectivity index (χ0) is 26.3. The van der Waals surface area contributed by atoms with Crippen LogP contribution in [0.15, 0.2) is 115 Å². The summed E-state index contributed by atoms with van der Waals surface area (Å²) in [5.41, 5.74) is 4.97. The Kier molecular flexibility index (Phi) is 4.74. The number of amides is 2. The molecule has 1 saturated heterocycles. The molecule has 0 aromatic heterocycles. The predicted octanol–water partition coefficient (Wildman–Crippen LogP) is 7.54. The van der Waals surface area contributed by atoms with Crippen LogP contribution >= 0.6 is 15.9 Å². The molecule has 2 amide bonds. The average Bonchev–Trinajstić information content (AvgIpc) is 3.25. The highest BCUT2D eigenvalue weighted by molar-refractivity contribution is 9.09. The van der Waals surface area contributed by atoms with E-state index in [1.165, 1.54) is 4.90 Å². The van der Waals surface area contributed by atoms with Crippen molar-refractivity contribution in [2.24, 2.45) is 11.8 Å². The summed E-state index contributed by atoms with van der Waals surface area (Å²) in [5.74, 6) is -0.0573. The highest BCUT2D eigenvalue weighted by Crippen LogP contribution is 2.66.